The zero-order valence-corrected chi connectivity index (χ0v) is 14.8. The lowest BCUT2D eigenvalue weighted by Crippen LogP contribution is -2.38. The number of hydrogen-bond acceptors (Lipinski definition) is 4. The van der Waals surface area contributed by atoms with Gasteiger partial charge in [-0.15, -0.1) is 0 Å². The number of nitrogens with zero attached hydrogens (tertiary/aromatic N) is 5. The van der Waals surface area contributed by atoms with Gasteiger partial charge in [0.25, 0.3) is 0 Å². The van der Waals surface area contributed by atoms with Crippen LogP contribution in [0.2, 0.25) is 0 Å². The molecule has 0 aromatic carbocycles. The minimum atomic E-state index is -0.0759. The number of amides is 2. The van der Waals surface area contributed by atoms with Crippen molar-refractivity contribution in [1.82, 2.24) is 29.5 Å². The highest BCUT2D eigenvalue weighted by Crippen LogP contribution is 2.29. The second-order valence-corrected chi connectivity index (χ2v) is 7.10. The van der Waals surface area contributed by atoms with Gasteiger partial charge in [0.2, 0.25) is 11.8 Å². The second kappa shape index (κ2) is 7.31. The van der Waals surface area contributed by atoms with E-state index in [0.717, 1.165) is 43.7 Å². The molecule has 26 heavy (non-hydrogen) atoms. The highest BCUT2D eigenvalue weighted by atomic mass is 16.2. The average Bonchev–Trinajstić information content (AvgIpc) is 3.16. The van der Waals surface area contributed by atoms with Crippen LogP contribution < -0.4 is 5.32 Å². The van der Waals surface area contributed by atoms with E-state index in [1.807, 2.05) is 15.6 Å². The molecule has 0 unspecified atom stereocenters. The molecule has 0 atom stereocenters. The van der Waals surface area contributed by atoms with Crippen LogP contribution in [0.5, 0.6) is 0 Å². The maximum Gasteiger partial charge on any atom is 0.240 e. The SMILES string of the molecule is O=C(Cn1ccnc1)NCc1cc2n(n1)CCCN(C(=O)C1CCC1)C2. The Morgan fingerprint density at radius 2 is 2.12 bits per heavy atom. The van der Waals surface area contributed by atoms with Crippen molar-refractivity contribution in [2.45, 2.75) is 51.9 Å². The molecule has 8 heteroatoms. The van der Waals surface area contributed by atoms with Gasteiger partial charge < -0.3 is 14.8 Å². The predicted molar refractivity (Wildman–Crippen MR) is 93.7 cm³/mol. The van der Waals surface area contributed by atoms with Crippen molar-refractivity contribution < 1.29 is 9.59 Å². The van der Waals surface area contributed by atoms with Crippen LogP contribution in [0.25, 0.3) is 0 Å². The largest absolute Gasteiger partial charge is 0.349 e. The topological polar surface area (TPSA) is 85.1 Å². The number of hydrogen-bond donors (Lipinski definition) is 1. The van der Waals surface area contributed by atoms with Crippen LogP contribution in [0.3, 0.4) is 0 Å². The quantitative estimate of drug-likeness (QED) is 0.864. The average molecular weight is 356 g/mol. The van der Waals surface area contributed by atoms with Crippen LogP contribution in [0.1, 0.15) is 37.1 Å². The van der Waals surface area contributed by atoms with Gasteiger partial charge in [-0.25, -0.2) is 4.98 Å². The summed E-state index contributed by atoms with van der Waals surface area (Å²) < 4.78 is 3.70. The summed E-state index contributed by atoms with van der Waals surface area (Å²) in [6, 6.07) is 2.00. The normalized spacial score (nSPS) is 17.3. The van der Waals surface area contributed by atoms with Gasteiger partial charge in [0.1, 0.15) is 6.54 Å². The molecule has 2 aromatic heterocycles. The first-order valence-electron chi connectivity index (χ1n) is 9.26. The van der Waals surface area contributed by atoms with E-state index < -0.39 is 0 Å². The van der Waals surface area contributed by atoms with E-state index in [2.05, 4.69) is 15.4 Å². The van der Waals surface area contributed by atoms with Crippen LogP contribution in [0, 0.1) is 5.92 Å². The van der Waals surface area contributed by atoms with Crippen LogP contribution in [0.15, 0.2) is 24.8 Å². The molecule has 2 amide bonds. The zero-order valence-electron chi connectivity index (χ0n) is 14.8. The van der Waals surface area contributed by atoms with Crippen molar-refractivity contribution in [2.75, 3.05) is 6.54 Å². The number of carbonyl (C=O) groups excluding carboxylic acids is 2. The minimum absolute atomic E-state index is 0.0759. The molecule has 0 bridgehead atoms. The summed E-state index contributed by atoms with van der Waals surface area (Å²) >= 11 is 0. The number of rotatable bonds is 5. The van der Waals surface area contributed by atoms with E-state index in [9.17, 15) is 9.59 Å². The van der Waals surface area contributed by atoms with Gasteiger partial charge in [-0.1, -0.05) is 6.42 Å². The molecule has 1 saturated carbocycles. The third-order valence-electron chi connectivity index (χ3n) is 5.18. The van der Waals surface area contributed by atoms with Crippen molar-refractivity contribution in [1.29, 1.82) is 0 Å². The van der Waals surface area contributed by atoms with Gasteiger partial charge in [0.15, 0.2) is 0 Å². The Hall–Kier alpha value is -2.64. The molecule has 1 aliphatic heterocycles. The van der Waals surface area contributed by atoms with E-state index in [0.29, 0.717) is 19.0 Å². The molecule has 0 radical (unpaired) electrons. The number of carbonyl (C=O) groups is 2. The molecule has 3 heterocycles. The maximum atomic E-state index is 12.5. The van der Waals surface area contributed by atoms with Crippen molar-refractivity contribution in [3.8, 4) is 0 Å². The maximum absolute atomic E-state index is 12.5. The first-order valence-corrected chi connectivity index (χ1v) is 9.26. The van der Waals surface area contributed by atoms with Crippen molar-refractivity contribution >= 4 is 11.8 Å². The summed E-state index contributed by atoms with van der Waals surface area (Å²) in [4.78, 5) is 30.4. The Morgan fingerprint density at radius 3 is 2.85 bits per heavy atom. The molecular weight excluding hydrogens is 332 g/mol. The number of nitrogens with one attached hydrogen (secondary N) is 1. The summed E-state index contributed by atoms with van der Waals surface area (Å²) in [6.45, 7) is 2.87. The molecular formula is C18H24N6O2. The Morgan fingerprint density at radius 1 is 1.23 bits per heavy atom. The van der Waals surface area contributed by atoms with Crippen LogP contribution >= 0.6 is 0 Å². The molecule has 0 spiro atoms. The molecule has 4 rings (SSSR count). The number of aryl methyl sites for hydroxylation is 1. The van der Waals surface area contributed by atoms with Gasteiger partial charge in [0, 0.05) is 31.4 Å². The Bertz CT molecular complexity index is 778. The summed E-state index contributed by atoms with van der Waals surface area (Å²) in [5, 5.41) is 7.49. The van der Waals surface area contributed by atoms with Crippen LogP contribution in [-0.2, 0) is 35.8 Å². The molecule has 2 aliphatic rings. The van der Waals surface area contributed by atoms with E-state index in [-0.39, 0.29) is 18.4 Å². The lowest BCUT2D eigenvalue weighted by atomic mass is 9.84. The minimum Gasteiger partial charge on any atom is -0.349 e. The monoisotopic (exact) mass is 356 g/mol. The van der Waals surface area contributed by atoms with Crippen LogP contribution in [-0.4, -0.2) is 42.6 Å². The fourth-order valence-electron chi connectivity index (χ4n) is 3.50. The molecule has 138 valence electrons. The van der Waals surface area contributed by atoms with Crippen molar-refractivity contribution in [3.05, 3.63) is 36.2 Å². The van der Waals surface area contributed by atoms with Gasteiger partial charge in [-0.3, -0.25) is 14.3 Å². The molecule has 1 fully saturated rings. The standard InChI is InChI=1S/C18H24N6O2/c25-17(12-22-8-5-19-13-22)20-10-15-9-16-11-23(6-2-7-24(16)21-15)18(26)14-3-1-4-14/h5,8-9,13-14H,1-4,6-7,10-12H2,(H,20,25). The third-order valence-corrected chi connectivity index (χ3v) is 5.18. The van der Waals surface area contributed by atoms with E-state index >= 15 is 0 Å². The van der Waals surface area contributed by atoms with Crippen molar-refractivity contribution in [2.24, 2.45) is 5.92 Å². The molecule has 1 N–H and O–H groups in total. The summed E-state index contributed by atoms with van der Waals surface area (Å²) in [5.74, 6) is 0.445. The van der Waals surface area contributed by atoms with Crippen molar-refractivity contribution in [3.63, 3.8) is 0 Å². The fraction of sp³-hybridized carbons (Fsp3) is 0.556. The highest BCUT2D eigenvalue weighted by Gasteiger charge is 2.30. The summed E-state index contributed by atoms with van der Waals surface area (Å²) in [7, 11) is 0. The van der Waals surface area contributed by atoms with Gasteiger partial charge >= 0.3 is 0 Å². The number of aromatic nitrogens is 4. The van der Waals surface area contributed by atoms with E-state index in [1.165, 1.54) is 6.42 Å². The predicted octanol–water partition coefficient (Wildman–Crippen LogP) is 0.928. The molecule has 0 saturated heterocycles. The molecule has 2 aromatic rings. The van der Waals surface area contributed by atoms with Gasteiger partial charge in [0.05, 0.1) is 30.8 Å². The fourth-order valence-corrected chi connectivity index (χ4v) is 3.50. The smallest absolute Gasteiger partial charge is 0.240 e. The van der Waals surface area contributed by atoms with E-state index in [4.69, 9.17) is 0 Å². The zero-order chi connectivity index (χ0) is 17.9. The Balaban J connectivity index is 1.35. The Kier molecular flexibility index (Phi) is 4.73. The highest BCUT2D eigenvalue weighted by molar-refractivity contribution is 5.79. The summed E-state index contributed by atoms with van der Waals surface area (Å²) in [6.07, 6.45) is 9.17. The summed E-state index contributed by atoms with van der Waals surface area (Å²) in [5.41, 5.74) is 1.88. The first kappa shape index (κ1) is 16.8. The molecule has 1 aliphatic carbocycles. The van der Waals surface area contributed by atoms with Gasteiger partial charge in [-0.05, 0) is 25.3 Å². The Labute approximate surface area is 152 Å². The first-order chi connectivity index (χ1) is 12.7. The second-order valence-electron chi connectivity index (χ2n) is 7.10. The number of imidazole rings is 1. The molecule has 8 nitrogen and oxygen atoms in total. The van der Waals surface area contributed by atoms with Crippen LogP contribution in [0.4, 0.5) is 0 Å². The lowest BCUT2D eigenvalue weighted by Gasteiger charge is -2.30. The van der Waals surface area contributed by atoms with Gasteiger partial charge in [-0.2, -0.15) is 5.10 Å². The number of fused-ring (bicyclic) bond motifs is 1. The lowest BCUT2D eigenvalue weighted by molar-refractivity contribution is -0.138. The third kappa shape index (κ3) is 3.63. The van der Waals surface area contributed by atoms with E-state index in [1.54, 1.807) is 23.3 Å².